The second-order valence-corrected chi connectivity index (χ2v) is 3.42. The first-order valence-corrected chi connectivity index (χ1v) is 5.97. The second-order valence-electron chi connectivity index (χ2n) is 3.42. The van der Waals surface area contributed by atoms with Gasteiger partial charge in [-0.2, -0.15) is 0 Å². The summed E-state index contributed by atoms with van der Waals surface area (Å²) < 4.78 is 4.74. The van der Waals surface area contributed by atoms with Gasteiger partial charge in [-0.05, 0) is 19.8 Å². The lowest BCUT2D eigenvalue weighted by Crippen LogP contribution is -1.98. The van der Waals surface area contributed by atoms with Gasteiger partial charge in [0.15, 0.2) is 0 Å². The lowest BCUT2D eigenvalue weighted by Gasteiger charge is -1.92. The van der Waals surface area contributed by atoms with Gasteiger partial charge in [0.05, 0.1) is 6.61 Å². The molecule has 90 valence electrons. The second kappa shape index (κ2) is 11.8. The van der Waals surface area contributed by atoms with Crippen LogP contribution in [0.3, 0.4) is 0 Å². The summed E-state index contributed by atoms with van der Waals surface area (Å²) in [5, 5.41) is 0. The Kier molecular flexibility index (Phi) is 10.8. The van der Waals surface area contributed by atoms with Crippen LogP contribution >= 0.6 is 0 Å². The van der Waals surface area contributed by atoms with E-state index in [1.165, 1.54) is 25.3 Å². The van der Waals surface area contributed by atoms with Crippen molar-refractivity contribution in [2.24, 2.45) is 0 Å². The quantitative estimate of drug-likeness (QED) is 0.270. The number of esters is 1. The maximum Gasteiger partial charge on any atom is 0.330 e. The van der Waals surface area contributed by atoms with Gasteiger partial charge in [0.2, 0.25) is 0 Å². The molecule has 0 aliphatic heterocycles. The molecule has 0 amide bonds. The first kappa shape index (κ1) is 14.7. The standard InChI is InChI=1S/C14H22O2/c1-3-5-6-7-8-9-10-11-12-13-14(15)16-4-2/h8-13H,3-7H2,1-2H3/b9-8?,11-10?,13-12+. The molecule has 0 saturated carbocycles. The van der Waals surface area contributed by atoms with Crippen LogP contribution in [0.5, 0.6) is 0 Å². The molecule has 0 spiro atoms. The summed E-state index contributed by atoms with van der Waals surface area (Å²) >= 11 is 0. The normalized spacial score (nSPS) is 11.9. The number of ether oxygens (including phenoxy) is 1. The van der Waals surface area contributed by atoms with Gasteiger partial charge >= 0.3 is 5.97 Å². The van der Waals surface area contributed by atoms with Crippen molar-refractivity contribution in [3.05, 3.63) is 36.5 Å². The van der Waals surface area contributed by atoms with E-state index in [1.807, 2.05) is 18.2 Å². The van der Waals surface area contributed by atoms with Crippen molar-refractivity contribution in [2.75, 3.05) is 6.61 Å². The fraction of sp³-hybridized carbons (Fsp3) is 0.500. The zero-order valence-corrected chi connectivity index (χ0v) is 10.3. The van der Waals surface area contributed by atoms with Crippen molar-refractivity contribution >= 4 is 5.97 Å². The van der Waals surface area contributed by atoms with Crippen LogP contribution in [0.15, 0.2) is 36.5 Å². The summed E-state index contributed by atoms with van der Waals surface area (Å²) in [5.41, 5.74) is 0. The van der Waals surface area contributed by atoms with Crippen LogP contribution in [0.25, 0.3) is 0 Å². The van der Waals surface area contributed by atoms with Crippen LogP contribution in [0.1, 0.15) is 39.5 Å². The molecule has 2 nitrogen and oxygen atoms in total. The van der Waals surface area contributed by atoms with Crippen molar-refractivity contribution in [1.82, 2.24) is 0 Å². The smallest absolute Gasteiger partial charge is 0.330 e. The highest BCUT2D eigenvalue weighted by molar-refractivity contribution is 5.82. The Hall–Kier alpha value is -1.31. The highest BCUT2D eigenvalue weighted by Crippen LogP contribution is 1.99. The molecule has 0 aromatic rings. The minimum atomic E-state index is -0.293. The highest BCUT2D eigenvalue weighted by atomic mass is 16.5. The van der Waals surface area contributed by atoms with Crippen LogP contribution in [0.4, 0.5) is 0 Å². The molecule has 0 atom stereocenters. The Labute approximate surface area is 98.7 Å². The predicted octanol–water partition coefficient (Wildman–Crippen LogP) is 3.80. The topological polar surface area (TPSA) is 26.3 Å². The van der Waals surface area contributed by atoms with E-state index in [9.17, 15) is 4.79 Å². The average molecular weight is 222 g/mol. The van der Waals surface area contributed by atoms with E-state index in [-0.39, 0.29) is 5.97 Å². The Morgan fingerprint density at radius 2 is 1.81 bits per heavy atom. The van der Waals surface area contributed by atoms with E-state index in [1.54, 1.807) is 13.0 Å². The van der Waals surface area contributed by atoms with Crippen LogP contribution in [0, 0.1) is 0 Å². The number of hydrogen-bond acceptors (Lipinski definition) is 2. The third-order valence-corrected chi connectivity index (χ3v) is 1.96. The number of carbonyl (C=O) groups excluding carboxylic acids is 1. The molecule has 0 bridgehead atoms. The van der Waals surface area contributed by atoms with Crippen LogP contribution < -0.4 is 0 Å². The fourth-order valence-corrected chi connectivity index (χ4v) is 1.14. The molecule has 0 aliphatic carbocycles. The Bertz CT molecular complexity index is 249. The first-order valence-electron chi connectivity index (χ1n) is 5.97. The maximum atomic E-state index is 10.9. The molecular formula is C14H22O2. The summed E-state index contributed by atoms with van der Waals surface area (Å²) in [6, 6.07) is 0. The molecule has 0 aliphatic rings. The number of rotatable bonds is 8. The number of unbranched alkanes of at least 4 members (excludes halogenated alkanes) is 3. The van der Waals surface area contributed by atoms with E-state index in [0.29, 0.717) is 6.61 Å². The van der Waals surface area contributed by atoms with Crippen molar-refractivity contribution in [1.29, 1.82) is 0 Å². The van der Waals surface area contributed by atoms with Gasteiger partial charge in [-0.3, -0.25) is 0 Å². The summed E-state index contributed by atoms with van der Waals surface area (Å²) in [7, 11) is 0. The third kappa shape index (κ3) is 10.8. The minimum absolute atomic E-state index is 0.293. The Balaban J connectivity index is 3.56. The summed E-state index contributed by atoms with van der Waals surface area (Å²) in [4.78, 5) is 10.9. The maximum absolute atomic E-state index is 10.9. The average Bonchev–Trinajstić information content (AvgIpc) is 2.27. The molecule has 16 heavy (non-hydrogen) atoms. The highest BCUT2D eigenvalue weighted by Gasteiger charge is 1.89. The first-order chi connectivity index (χ1) is 7.81. The molecule has 0 unspecified atom stereocenters. The molecule has 0 radical (unpaired) electrons. The van der Waals surface area contributed by atoms with Crippen LogP contribution in [-0.2, 0) is 9.53 Å². The predicted molar refractivity (Wildman–Crippen MR) is 68.2 cm³/mol. The number of hydrogen-bond donors (Lipinski definition) is 0. The summed E-state index contributed by atoms with van der Waals surface area (Å²) in [5.74, 6) is -0.293. The molecule has 0 heterocycles. The van der Waals surface area contributed by atoms with E-state index < -0.39 is 0 Å². The minimum Gasteiger partial charge on any atom is -0.463 e. The van der Waals surface area contributed by atoms with Gasteiger partial charge < -0.3 is 4.74 Å². The summed E-state index contributed by atoms with van der Waals surface area (Å²) in [6.45, 7) is 4.41. The van der Waals surface area contributed by atoms with E-state index in [0.717, 1.165) is 6.42 Å². The van der Waals surface area contributed by atoms with Gasteiger partial charge in [0, 0.05) is 6.08 Å². The zero-order chi connectivity index (χ0) is 12.1. The van der Waals surface area contributed by atoms with E-state index in [2.05, 4.69) is 13.0 Å². The number of allylic oxidation sites excluding steroid dienone is 5. The van der Waals surface area contributed by atoms with Gasteiger partial charge in [-0.25, -0.2) is 4.79 Å². The van der Waals surface area contributed by atoms with E-state index >= 15 is 0 Å². The molecule has 0 rings (SSSR count). The number of carbonyl (C=O) groups is 1. The molecule has 0 aromatic carbocycles. The van der Waals surface area contributed by atoms with Crippen molar-refractivity contribution < 1.29 is 9.53 Å². The van der Waals surface area contributed by atoms with Crippen molar-refractivity contribution in [3.63, 3.8) is 0 Å². The zero-order valence-electron chi connectivity index (χ0n) is 10.3. The van der Waals surface area contributed by atoms with Gasteiger partial charge in [-0.1, -0.05) is 50.1 Å². The fourth-order valence-electron chi connectivity index (χ4n) is 1.14. The lowest BCUT2D eigenvalue weighted by atomic mass is 10.2. The van der Waals surface area contributed by atoms with Crippen LogP contribution in [0.2, 0.25) is 0 Å². The monoisotopic (exact) mass is 222 g/mol. The molecule has 0 N–H and O–H groups in total. The van der Waals surface area contributed by atoms with Gasteiger partial charge in [0.1, 0.15) is 0 Å². The SMILES string of the molecule is CCCCCC=CC=C/C=C/C(=O)OCC. The Morgan fingerprint density at radius 1 is 1.06 bits per heavy atom. The van der Waals surface area contributed by atoms with Gasteiger partial charge in [-0.15, -0.1) is 0 Å². The third-order valence-electron chi connectivity index (χ3n) is 1.96. The van der Waals surface area contributed by atoms with Crippen molar-refractivity contribution in [3.8, 4) is 0 Å². The van der Waals surface area contributed by atoms with E-state index in [4.69, 9.17) is 4.74 Å². The Morgan fingerprint density at radius 3 is 2.50 bits per heavy atom. The molecule has 0 fully saturated rings. The molecule has 0 aromatic heterocycles. The molecule has 0 saturated heterocycles. The lowest BCUT2D eigenvalue weighted by molar-refractivity contribution is -0.137. The largest absolute Gasteiger partial charge is 0.463 e. The molecule has 2 heteroatoms. The summed E-state index contributed by atoms with van der Waals surface area (Å²) in [6.07, 6.45) is 15.9. The van der Waals surface area contributed by atoms with Crippen LogP contribution in [-0.4, -0.2) is 12.6 Å². The van der Waals surface area contributed by atoms with Crippen molar-refractivity contribution in [2.45, 2.75) is 39.5 Å². The van der Waals surface area contributed by atoms with Gasteiger partial charge in [0.25, 0.3) is 0 Å². The molecular weight excluding hydrogens is 200 g/mol.